The molecule has 1 aromatic carbocycles. The highest BCUT2D eigenvalue weighted by Crippen LogP contribution is 2.59. The number of ether oxygens (including phenoxy) is 1. The summed E-state index contributed by atoms with van der Waals surface area (Å²) in [4.78, 5) is 5.24. The highest BCUT2D eigenvalue weighted by molar-refractivity contribution is 5.54. The van der Waals surface area contributed by atoms with Gasteiger partial charge in [0.15, 0.2) is 0 Å². The van der Waals surface area contributed by atoms with Crippen molar-refractivity contribution < 1.29 is 14.9 Å². The number of aliphatic hydroxyl groups excluding tert-OH is 1. The van der Waals surface area contributed by atoms with E-state index < -0.39 is 11.7 Å². The van der Waals surface area contributed by atoms with Crippen LogP contribution in [0.1, 0.15) is 131 Å². The zero-order chi connectivity index (χ0) is 23.8. The first kappa shape index (κ1) is 23.0. The normalized spacial score (nSPS) is 25.5. The summed E-state index contributed by atoms with van der Waals surface area (Å²) < 4.78 is 7.04. The summed E-state index contributed by atoms with van der Waals surface area (Å²) in [7, 11) is 0. The fourth-order valence-corrected chi connectivity index (χ4v) is 6.48. The summed E-state index contributed by atoms with van der Waals surface area (Å²) in [5.41, 5.74) is 6.54. The number of aromatic nitrogens is 1. The van der Waals surface area contributed by atoms with Crippen LogP contribution in [0.3, 0.4) is 0 Å². The minimum atomic E-state index is -0.875. The number of aliphatic hydroxyl groups is 2. The van der Waals surface area contributed by atoms with Gasteiger partial charge in [0.2, 0.25) is 0 Å². The van der Waals surface area contributed by atoms with E-state index in [-0.39, 0.29) is 23.0 Å². The van der Waals surface area contributed by atoms with E-state index in [1.165, 1.54) is 11.1 Å². The monoisotopic (exact) mass is 449 g/mol. The van der Waals surface area contributed by atoms with Crippen molar-refractivity contribution in [3.8, 4) is 0 Å². The third kappa shape index (κ3) is 3.75. The van der Waals surface area contributed by atoms with E-state index in [2.05, 4.69) is 39.8 Å². The van der Waals surface area contributed by atoms with E-state index in [0.717, 1.165) is 66.6 Å². The molecule has 178 valence electrons. The van der Waals surface area contributed by atoms with Gasteiger partial charge in [0.05, 0.1) is 17.3 Å². The molecule has 2 heterocycles. The van der Waals surface area contributed by atoms with Crippen LogP contribution in [0.15, 0.2) is 24.3 Å². The van der Waals surface area contributed by atoms with Crippen LogP contribution < -0.4 is 0 Å². The highest BCUT2D eigenvalue weighted by Gasteiger charge is 2.52. The first-order chi connectivity index (χ1) is 15.4. The Morgan fingerprint density at radius 3 is 2.27 bits per heavy atom. The van der Waals surface area contributed by atoms with E-state index in [1.54, 1.807) is 0 Å². The molecule has 0 saturated heterocycles. The first-order valence-corrected chi connectivity index (χ1v) is 12.7. The van der Waals surface area contributed by atoms with Gasteiger partial charge in [-0.25, -0.2) is 0 Å². The van der Waals surface area contributed by atoms with Crippen LogP contribution in [0.25, 0.3) is 0 Å². The van der Waals surface area contributed by atoms with Gasteiger partial charge in [0.1, 0.15) is 6.10 Å². The van der Waals surface area contributed by atoms with Crippen molar-refractivity contribution >= 4 is 0 Å². The third-order valence-electron chi connectivity index (χ3n) is 8.05. The maximum absolute atomic E-state index is 11.4. The standard InChI is InChI=1S/C29H39NO3/c1-17(2)25-23-24(22-20(30-25)15-27(3,4)16-21(22)31)29(13-7-8-14-29)33-26(23)18-9-11-19(12-10-18)28(5,6)32/h9-12,17,21,26,31-32H,7-8,13-16H2,1-6H3/t21-,26+/m0/s1. The molecule has 0 amide bonds. The van der Waals surface area contributed by atoms with Crippen molar-refractivity contribution in [3.63, 3.8) is 0 Å². The maximum atomic E-state index is 11.4. The Kier molecular flexibility index (Phi) is 5.32. The van der Waals surface area contributed by atoms with Crippen LogP contribution in [0.5, 0.6) is 0 Å². The quantitative estimate of drug-likeness (QED) is 0.575. The van der Waals surface area contributed by atoms with Gasteiger partial charge < -0.3 is 14.9 Å². The molecule has 2 aromatic rings. The first-order valence-electron chi connectivity index (χ1n) is 12.7. The lowest BCUT2D eigenvalue weighted by Crippen LogP contribution is -2.32. The van der Waals surface area contributed by atoms with E-state index in [4.69, 9.17) is 9.72 Å². The second-order valence-electron chi connectivity index (χ2n) is 12.2. The van der Waals surface area contributed by atoms with E-state index in [1.807, 2.05) is 26.0 Å². The third-order valence-corrected chi connectivity index (χ3v) is 8.05. The van der Waals surface area contributed by atoms with Gasteiger partial charge >= 0.3 is 0 Å². The maximum Gasteiger partial charge on any atom is 0.111 e. The zero-order valence-electron chi connectivity index (χ0n) is 21.0. The summed E-state index contributed by atoms with van der Waals surface area (Å²) in [5.74, 6) is 0.268. The molecule has 33 heavy (non-hydrogen) atoms. The summed E-state index contributed by atoms with van der Waals surface area (Å²) >= 11 is 0. The zero-order valence-corrected chi connectivity index (χ0v) is 21.0. The second kappa shape index (κ2) is 7.63. The molecular formula is C29H39NO3. The summed E-state index contributed by atoms with van der Waals surface area (Å²) in [6, 6.07) is 8.21. The number of benzene rings is 1. The van der Waals surface area contributed by atoms with Crippen LogP contribution >= 0.6 is 0 Å². The Labute approximate surface area is 198 Å². The Balaban J connectivity index is 1.73. The van der Waals surface area contributed by atoms with Crippen molar-refractivity contribution in [3.05, 3.63) is 63.5 Å². The van der Waals surface area contributed by atoms with Crippen LogP contribution in [-0.2, 0) is 22.4 Å². The molecule has 3 aliphatic rings. The molecule has 0 unspecified atom stereocenters. The van der Waals surface area contributed by atoms with Crippen LogP contribution in [0.2, 0.25) is 0 Å². The lowest BCUT2D eigenvalue weighted by atomic mass is 9.70. The summed E-state index contributed by atoms with van der Waals surface area (Å²) in [6.07, 6.45) is 5.28. The summed E-state index contributed by atoms with van der Waals surface area (Å²) in [5, 5.41) is 21.8. The van der Waals surface area contributed by atoms with E-state index >= 15 is 0 Å². The largest absolute Gasteiger partial charge is 0.388 e. The second-order valence-corrected chi connectivity index (χ2v) is 12.2. The number of hydrogen-bond donors (Lipinski definition) is 2. The molecule has 1 fully saturated rings. The molecule has 1 aliphatic heterocycles. The van der Waals surface area contributed by atoms with Crippen molar-refractivity contribution in [2.45, 2.75) is 109 Å². The molecule has 0 radical (unpaired) electrons. The number of nitrogens with zero attached hydrogens (tertiary/aromatic N) is 1. The molecule has 4 nitrogen and oxygen atoms in total. The van der Waals surface area contributed by atoms with Crippen molar-refractivity contribution in [2.24, 2.45) is 5.41 Å². The van der Waals surface area contributed by atoms with Gasteiger partial charge in [-0.1, -0.05) is 64.8 Å². The average Bonchev–Trinajstić information content (AvgIpc) is 3.31. The molecule has 5 rings (SSSR count). The van der Waals surface area contributed by atoms with Crippen molar-refractivity contribution in [1.82, 2.24) is 4.98 Å². The minimum absolute atomic E-state index is 0.0382. The smallest absolute Gasteiger partial charge is 0.111 e. The summed E-state index contributed by atoms with van der Waals surface area (Å²) in [6.45, 7) is 12.5. The number of rotatable bonds is 3. The molecule has 0 bridgehead atoms. The SMILES string of the molecule is CC(C)c1nc2c(c3c1[C@@H](c1ccc(C(C)(C)O)cc1)OC31CCCC1)[C@@H](O)CC(C)(C)C2. The van der Waals surface area contributed by atoms with Crippen LogP contribution in [-0.4, -0.2) is 15.2 Å². The van der Waals surface area contributed by atoms with Crippen LogP contribution in [0, 0.1) is 5.41 Å². The highest BCUT2D eigenvalue weighted by atomic mass is 16.5. The van der Waals surface area contributed by atoms with Crippen molar-refractivity contribution in [2.75, 3.05) is 0 Å². The minimum Gasteiger partial charge on any atom is -0.388 e. The van der Waals surface area contributed by atoms with Crippen LogP contribution in [0.4, 0.5) is 0 Å². The van der Waals surface area contributed by atoms with E-state index in [0.29, 0.717) is 0 Å². The number of hydrogen-bond acceptors (Lipinski definition) is 4. The molecule has 1 saturated carbocycles. The number of fused-ring (bicyclic) bond motifs is 4. The molecule has 2 aliphatic carbocycles. The molecule has 1 spiro atoms. The Hall–Kier alpha value is -1.75. The van der Waals surface area contributed by atoms with E-state index in [9.17, 15) is 10.2 Å². The van der Waals surface area contributed by atoms with Gasteiger partial charge in [-0.3, -0.25) is 4.98 Å². The van der Waals surface area contributed by atoms with Gasteiger partial charge in [0, 0.05) is 22.5 Å². The lowest BCUT2D eigenvalue weighted by Gasteiger charge is -2.38. The molecule has 2 atom stereocenters. The Bertz CT molecular complexity index is 1060. The van der Waals surface area contributed by atoms with Gasteiger partial charge in [0.25, 0.3) is 0 Å². The predicted molar refractivity (Wildman–Crippen MR) is 130 cm³/mol. The predicted octanol–water partition coefficient (Wildman–Crippen LogP) is 6.33. The number of pyridine rings is 1. The molecule has 1 aromatic heterocycles. The molecular weight excluding hydrogens is 410 g/mol. The Morgan fingerprint density at radius 1 is 1.06 bits per heavy atom. The molecule has 2 N–H and O–H groups in total. The van der Waals surface area contributed by atoms with Gasteiger partial charge in [-0.05, 0) is 67.6 Å². The van der Waals surface area contributed by atoms with Gasteiger partial charge in [-0.15, -0.1) is 0 Å². The van der Waals surface area contributed by atoms with Crippen molar-refractivity contribution in [1.29, 1.82) is 0 Å². The average molecular weight is 450 g/mol. The fourth-order valence-electron chi connectivity index (χ4n) is 6.48. The topological polar surface area (TPSA) is 62.6 Å². The molecule has 4 heteroatoms. The fraction of sp³-hybridized carbons (Fsp3) is 0.621. The Morgan fingerprint density at radius 2 is 1.70 bits per heavy atom. The van der Waals surface area contributed by atoms with Gasteiger partial charge in [-0.2, -0.15) is 0 Å². The lowest BCUT2D eigenvalue weighted by molar-refractivity contribution is -0.0580.